The second-order valence-corrected chi connectivity index (χ2v) is 22.2. The Labute approximate surface area is 391 Å². The van der Waals surface area contributed by atoms with Gasteiger partial charge in [0, 0.05) is 67.2 Å². The fourth-order valence-corrected chi connectivity index (χ4v) is 12.7. The number of rotatable bonds is 11. The van der Waals surface area contributed by atoms with Gasteiger partial charge in [-0.05, 0) is 124 Å². The van der Waals surface area contributed by atoms with Crippen LogP contribution in [0, 0.1) is 28.4 Å². The number of carbonyl (C=O) groups excluding carboxylic acids is 1. The molecule has 1 amide bonds. The number of nitrogens with zero attached hydrogens (tertiary/aromatic N) is 4. The highest BCUT2D eigenvalue weighted by Gasteiger charge is 2.49. The van der Waals surface area contributed by atoms with E-state index < -0.39 is 37.0 Å². The molecule has 3 aromatic carbocycles. The van der Waals surface area contributed by atoms with E-state index >= 15 is 0 Å². The molecule has 67 heavy (non-hydrogen) atoms. The Hall–Kier alpha value is -5.71. The highest BCUT2D eigenvalue weighted by Crippen LogP contribution is 2.49. The number of H-pyrrole nitrogens is 1. The summed E-state index contributed by atoms with van der Waals surface area (Å²) < 4.78 is 42.5. The summed E-state index contributed by atoms with van der Waals surface area (Å²) in [4.78, 5) is 38.2. The first-order valence-corrected chi connectivity index (χ1v) is 25.4. The summed E-state index contributed by atoms with van der Waals surface area (Å²) in [6.07, 6.45) is 9.98. The average Bonchev–Trinajstić information content (AvgIpc) is 3.93. The van der Waals surface area contributed by atoms with E-state index in [0.717, 1.165) is 61.9 Å². The number of aromatic nitrogens is 2. The number of sulfonamides is 1. The van der Waals surface area contributed by atoms with Gasteiger partial charge in [0.15, 0.2) is 11.4 Å². The Balaban J connectivity index is 0.861. The van der Waals surface area contributed by atoms with E-state index in [4.69, 9.17) is 9.47 Å². The van der Waals surface area contributed by atoms with Crippen molar-refractivity contribution in [3.63, 3.8) is 0 Å². The molecule has 5 aromatic rings. The Kier molecular flexibility index (Phi) is 11.7. The molecule has 0 unspecified atom stereocenters. The largest absolute Gasteiger partial charge is 0.489 e. The summed E-state index contributed by atoms with van der Waals surface area (Å²) in [6, 6.07) is 20.4. The van der Waals surface area contributed by atoms with Crippen molar-refractivity contribution >= 4 is 44.0 Å². The lowest BCUT2D eigenvalue weighted by atomic mass is 9.70. The molecule has 5 heterocycles. The molecule has 2 saturated heterocycles. The van der Waals surface area contributed by atoms with Crippen molar-refractivity contribution < 1.29 is 32.7 Å². The smallest absolute Gasteiger partial charge is 0.297 e. The number of aliphatic hydroxyl groups is 1. The molecule has 2 aliphatic carbocycles. The summed E-state index contributed by atoms with van der Waals surface area (Å²) in [6.45, 7) is 12.3. The number of nitrogens with one attached hydrogen (secondary N) is 3. The first-order valence-electron chi connectivity index (χ1n) is 23.9. The van der Waals surface area contributed by atoms with Crippen molar-refractivity contribution in [2.24, 2.45) is 11.3 Å². The summed E-state index contributed by atoms with van der Waals surface area (Å²) in [5.74, 6) is 0.720. The van der Waals surface area contributed by atoms with Gasteiger partial charge in [0.25, 0.3) is 21.6 Å². The molecule has 354 valence electrons. The molecular formula is C51H61N7O8S. The zero-order valence-corrected chi connectivity index (χ0v) is 39.5. The van der Waals surface area contributed by atoms with E-state index in [1.54, 1.807) is 18.3 Å². The SMILES string of the molecule is Cc1cc2cc(Oc3cc(N4CCC5(CC4)CN([C@@H]4CCC[C@@H]4c4ccccc4C(C)C)C5)ccc3C(=O)NS(=O)(=O)c3cc4c(c([N+](=O)[O-])c3)N[C@@H](C3CCC(C)(O)CC3)CO4)cnc2[nH]1. The van der Waals surface area contributed by atoms with E-state index in [0.29, 0.717) is 55.0 Å². The van der Waals surface area contributed by atoms with Crippen LogP contribution >= 0.6 is 0 Å². The normalized spacial score (nSPS) is 25.0. The lowest BCUT2D eigenvalue weighted by Crippen LogP contribution is -2.63. The van der Waals surface area contributed by atoms with Gasteiger partial charge in [-0.2, -0.15) is 0 Å². The highest BCUT2D eigenvalue weighted by atomic mass is 32.2. The van der Waals surface area contributed by atoms with Crippen molar-refractivity contribution in [1.29, 1.82) is 0 Å². The Morgan fingerprint density at radius 2 is 1.78 bits per heavy atom. The topological polar surface area (TPSA) is 192 Å². The van der Waals surface area contributed by atoms with Crippen LogP contribution < -0.4 is 24.4 Å². The number of hydrogen-bond donors (Lipinski definition) is 4. The summed E-state index contributed by atoms with van der Waals surface area (Å²) in [5, 5.41) is 26.9. The molecule has 1 spiro atoms. The van der Waals surface area contributed by atoms with Gasteiger partial charge in [-0.15, -0.1) is 0 Å². The number of ether oxygens (including phenoxy) is 2. The van der Waals surface area contributed by atoms with E-state index in [-0.39, 0.29) is 46.7 Å². The first kappa shape index (κ1) is 45.1. The number of nitro groups is 1. The number of aromatic amines is 1. The zero-order chi connectivity index (χ0) is 46.8. The van der Waals surface area contributed by atoms with Crippen molar-refractivity contribution in [1.82, 2.24) is 19.6 Å². The molecule has 15 nitrogen and oxygen atoms in total. The number of pyridine rings is 1. The molecule has 2 aromatic heterocycles. The second-order valence-electron chi connectivity index (χ2n) is 20.5. The minimum Gasteiger partial charge on any atom is -0.489 e. The molecule has 2 saturated carbocycles. The van der Waals surface area contributed by atoms with Crippen LogP contribution in [0.25, 0.3) is 11.0 Å². The van der Waals surface area contributed by atoms with Gasteiger partial charge in [-0.1, -0.05) is 44.5 Å². The minimum atomic E-state index is -4.66. The van der Waals surface area contributed by atoms with E-state index in [9.17, 15) is 28.4 Å². The van der Waals surface area contributed by atoms with Gasteiger partial charge in [0.1, 0.15) is 23.8 Å². The average molecular weight is 932 g/mol. The molecule has 3 aliphatic heterocycles. The van der Waals surface area contributed by atoms with Gasteiger partial charge < -0.3 is 29.8 Å². The predicted octanol–water partition coefficient (Wildman–Crippen LogP) is 9.17. The number of fused-ring (bicyclic) bond motifs is 2. The standard InChI is InChI=1S/C51H61N7O8S/c1-31(2)38-8-5-6-9-39(38)40-10-7-11-43(40)57-29-51(30-57)18-20-56(21-19-51)35-12-13-41(45(24-35)66-36-23-34-22-32(3)53-48(34)52-27-36)49(59)55-67(63,64)37-25-44(58(61)62)47-46(26-37)65-28-42(54-47)33-14-16-50(4,60)17-15-33/h5-6,8-9,12-13,22-27,31,33,40,42-43,54,60H,7,10-11,14-21,28-30H2,1-4H3,(H,52,53)(H,55,59)/t33?,40-,42-,43-,50?/m1/s1. The number of anilines is 2. The van der Waals surface area contributed by atoms with E-state index in [1.807, 2.05) is 32.0 Å². The number of hydrogen-bond acceptors (Lipinski definition) is 12. The number of piperidine rings is 1. The quantitative estimate of drug-likeness (QED) is 0.0727. The Bertz CT molecular complexity index is 2820. The highest BCUT2D eigenvalue weighted by molar-refractivity contribution is 7.90. The fraction of sp³-hybridized carbons (Fsp3) is 0.490. The molecule has 4 fully saturated rings. The van der Waals surface area contributed by atoms with Crippen molar-refractivity contribution in [3.8, 4) is 17.2 Å². The minimum absolute atomic E-state index is 0.00501. The summed E-state index contributed by atoms with van der Waals surface area (Å²) >= 11 is 0. The predicted molar refractivity (Wildman–Crippen MR) is 257 cm³/mol. The zero-order valence-electron chi connectivity index (χ0n) is 38.7. The number of likely N-dealkylation sites (tertiary alicyclic amines) is 1. The lowest BCUT2D eigenvalue weighted by molar-refractivity contribution is -0.384. The first-order chi connectivity index (χ1) is 32.0. The number of benzene rings is 3. The molecule has 0 radical (unpaired) electrons. The van der Waals surface area contributed by atoms with Gasteiger partial charge in [0.2, 0.25) is 0 Å². The third-order valence-electron chi connectivity index (χ3n) is 15.5. The van der Waals surface area contributed by atoms with Crippen molar-refractivity contribution in [2.75, 3.05) is 43.0 Å². The molecule has 5 aliphatic rings. The van der Waals surface area contributed by atoms with Crippen LogP contribution in [0.1, 0.15) is 118 Å². The fourth-order valence-electron chi connectivity index (χ4n) is 11.7. The molecular weight excluding hydrogens is 871 g/mol. The summed E-state index contributed by atoms with van der Waals surface area (Å²) in [7, 11) is -4.66. The van der Waals surface area contributed by atoms with Crippen LogP contribution in [0.2, 0.25) is 0 Å². The van der Waals surface area contributed by atoms with Crippen LogP contribution in [0.3, 0.4) is 0 Å². The van der Waals surface area contributed by atoms with Gasteiger partial charge in [-0.25, -0.2) is 18.1 Å². The number of amides is 1. The maximum atomic E-state index is 14.2. The maximum Gasteiger partial charge on any atom is 0.297 e. The molecule has 3 atom stereocenters. The summed E-state index contributed by atoms with van der Waals surface area (Å²) in [5.41, 5.74) is 4.53. The Morgan fingerprint density at radius 3 is 2.52 bits per heavy atom. The Morgan fingerprint density at radius 1 is 1.01 bits per heavy atom. The van der Waals surface area contributed by atoms with Gasteiger partial charge >= 0.3 is 0 Å². The molecule has 0 bridgehead atoms. The third-order valence-corrected chi connectivity index (χ3v) is 16.8. The van der Waals surface area contributed by atoms with Crippen LogP contribution in [0.15, 0.2) is 77.8 Å². The molecule has 16 heteroatoms. The van der Waals surface area contributed by atoms with Crippen LogP contribution in [0.5, 0.6) is 17.2 Å². The van der Waals surface area contributed by atoms with E-state index in [1.165, 1.54) is 36.5 Å². The van der Waals surface area contributed by atoms with E-state index in [2.05, 4.69) is 67.9 Å². The monoisotopic (exact) mass is 931 g/mol. The van der Waals surface area contributed by atoms with Crippen molar-refractivity contribution in [3.05, 3.63) is 105 Å². The van der Waals surface area contributed by atoms with Gasteiger partial charge in [0.05, 0.1) is 33.2 Å². The van der Waals surface area contributed by atoms with Crippen LogP contribution in [0.4, 0.5) is 17.1 Å². The van der Waals surface area contributed by atoms with Crippen molar-refractivity contribution in [2.45, 2.75) is 120 Å². The molecule has 4 N–H and O–H groups in total. The number of aryl methyl sites for hydroxylation is 1. The second kappa shape index (κ2) is 17.4. The maximum absolute atomic E-state index is 14.2. The van der Waals surface area contributed by atoms with Crippen LogP contribution in [-0.2, 0) is 10.0 Å². The number of nitro benzene ring substituents is 1. The lowest BCUT2D eigenvalue weighted by Gasteiger charge is -2.57. The van der Waals surface area contributed by atoms with Crippen LogP contribution in [-0.4, -0.2) is 89.7 Å². The molecule has 10 rings (SSSR count). The number of carbonyl (C=O) groups is 1. The third kappa shape index (κ3) is 8.95. The van der Waals surface area contributed by atoms with Gasteiger partial charge in [-0.3, -0.25) is 19.8 Å².